The molecule has 1 aliphatic rings. The van der Waals surface area contributed by atoms with Crippen LogP contribution in [0.25, 0.3) is 0 Å². The first-order valence-electron chi connectivity index (χ1n) is 6.21. The van der Waals surface area contributed by atoms with Crippen LogP contribution >= 0.6 is 0 Å². The van der Waals surface area contributed by atoms with Gasteiger partial charge in [-0.15, -0.1) is 0 Å². The fourth-order valence-electron chi connectivity index (χ4n) is 2.32. The monoisotopic (exact) mass is 229 g/mol. The summed E-state index contributed by atoms with van der Waals surface area (Å²) in [5.74, 6) is 0.841. The second-order valence-corrected chi connectivity index (χ2v) is 5.01. The van der Waals surface area contributed by atoms with Gasteiger partial charge in [0.15, 0.2) is 5.78 Å². The normalized spacial score (nSPS) is 20.1. The highest BCUT2D eigenvalue weighted by Crippen LogP contribution is 2.26. The van der Waals surface area contributed by atoms with Gasteiger partial charge < -0.3 is 4.90 Å². The zero-order valence-corrected chi connectivity index (χ0v) is 10.5. The van der Waals surface area contributed by atoms with Gasteiger partial charge in [-0.3, -0.25) is 4.79 Å². The molecule has 0 N–H and O–H groups in total. The molecule has 1 aromatic carbocycles. The Balaban J connectivity index is 2.23. The molecule has 0 aliphatic carbocycles. The molecule has 2 nitrogen and oxygen atoms in total. The summed E-state index contributed by atoms with van der Waals surface area (Å²) in [6.45, 7) is 4.40. The highest BCUT2D eigenvalue weighted by Gasteiger charge is 2.24. The lowest BCUT2D eigenvalue weighted by atomic mass is 9.95. The Kier molecular flexibility index (Phi) is 3.62. The summed E-state index contributed by atoms with van der Waals surface area (Å²) in [6.07, 6.45) is 5.28. The number of carbonyl (C=O) groups excluding carboxylic acids is 1. The van der Waals surface area contributed by atoms with Crippen LogP contribution in [0.5, 0.6) is 0 Å². The first-order chi connectivity index (χ1) is 8.16. The number of rotatable bonds is 3. The summed E-state index contributed by atoms with van der Waals surface area (Å²) in [5, 5.41) is 0. The van der Waals surface area contributed by atoms with Gasteiger partial charge in [-0.1, -0.05) is 32.0 Å². The first-order valence-corrected chi connectivity index (χ1v) is 6.21. The minimum absolute atomic E-state index is 0.239. The van der Waals surface area contributed by atoms with Crippen LogP contribution in [-0.2, 0) is 4.79 Å². The number of hydrogen-bond donors (Lipinski definition) is 0. The molecule has 0 aromatic heterocycles. The van der Waals surface area contributed by atoms with E-state index in [1.807, 2.05) is 24.4 Å². The van der Waals surface area contributed by atoms with E-state index in [-0.39, 0.29) is 5.78 Å². The SMILES string of the molecule is CC(C)CC1CC(=O)C=CN1c1ccccc1. The maximum atomic E-state index is 11.5. The lowest BCUT2D eigenvalue weighted by Crippen LogP contribution is -2.36. The Bertz CT molecular complexity index is 408. The smallest absolute Gasteiger partial charge is 0.159 e. The molecular weight excluding hydrogens is 210 g/mol. The van der Waals surface area contributed by atoms with Crippen molar-refractivity contribution in [3.05, 3.63) is 42.6 Å². The zero-order chi connectivity index (χ0) is 12.3. The number of anilines is 1. The van der Waals surface area contributed by atoms with E-state index >= 15 is 0 Å². The number of allylic oxidation sites excluding steroid dienone is 1. The molecule has 2 rings (SSSR count). The lowest BCUT2D eigenvalue weighted by Gasteiger charge is -2.33. The second-order valence-electron chi connectivity index (χ2n) is 5.01. The first kappa shape index (κ1) is 11.9. The number of nitrogens with zero attached hydrogens (tertiary/aromatic N) is 1. The van der Waals surface area contributed by atoms with Crippen molar-refractivity contribution in [2.24, 2.45) is 5.92 Å². The lowest BCUT2D eigenvalue weighted by molar-refractivity contribution is -0.115. The Morgan fingerprint density at radius 3 is 2.65 bits per heavy atom. The van der Waals surface area contributed by atoms with Crippen molar-refractivity contribution in [3.8, 4) is 0 Å². The second kappa shape index (κ2) is 5.17. The Morgan fingerprint density at radius 1 is 1.29 bits per heavy atom. The number of ketones is 1. The molecule has 0 amide bonds. The molecule has 1 atom stereocenters. The molecule has 0 bridgehead atoms. The molecule has 0 radical (unpaired) electrons. The van der Waals surface area contributed by atoms with Gasteiger partial charge in [0.05, 0.1) is 0 Å². The maximum absolute atomic E-state index is 11.5. The van der Waals surface area contributed by atoms with Crippen molar-refractivity contribution in [1.29, 1.82) is 0 Å². The van der Waals surface area contributed by atoms with Crippen LogP contribution in [-0.4, -0.2) is 11.8 Å². The van der Waals surface area contributed by atoms with Crippen molar-refractivity contribution in [2.75, 3.05) is 4.90 Å². The average molecular weight is 229 g/mol. The number of para-hydroxylation sites is 1. The Labute approximate surface area is 103 Å². The van der Waals surface area contributed by atoms with E-state index in [0.717, 1.165) is 6.42 Å². The Hall–Kier alpha value is -1.57. The van der Waals surface area contributed by atoms with Gasteiger partial charge in [-0.05, 0) is 30.5 Å². The van der Waals surface area contributed by atoms with Crippen LogP contribution in [0.15, 0.2) is 42.6 Å². The summed E-state index contributed by atoms with van der Waals surface area (Å²) >= 11 is 0. The largest absolute Gasteiger partial charge is 0.344 e. The van der Waals surface area contributed by atoms with Crippen LogP contribution < -0.4 is 4.90 Å². The Morgan fingerprint density at radius 2 is 2.00 bits per heavy atom. The van der Waals surface area contributed by atoms with Gasteiger partial charge in [0.1, 0.15) is 0 Å². The summed E-state index contributed by atoms with van der Waals surface area (Å²) in [7, 11) is 0. The van der Waals surface area contributed by atoms with E-state index in [4.69, 9.17) is 0 Å². The molecule has 0 saturated carbocycles. The van der Waals surface area contributed by atoms with Gasteiger partial charge in [-0.2, -0.15) is 0 Å². The van der Waals surface area contributed by atoms with E-state index < -0.39 is 0 Å². The molecule has 1 aromatic rings. The molecular formula is C15H19NO. The van der Waals surface area contributed by atoms with Gasteiger partial charge >= 0.3 is 0 Å². The molecule has 90 valence electrons. The van der Waals surface area contributed by atoms with Crippen LogP contribution in [0, 0.1) is 5.92 Å². The molecule has 1 aliphatic heterocycles. The fraction of sp³-hybridized carbons (Fsp3) is 0.400. The van der Waals surface area contributed by atoms with E-state index in [1.165, 1.54) is 5.69 Å². The molecule has 1 heterocycles. The predicted molar refractivity (Wildman–Crippen MR) is 70.9 cm³/mol. The van der Waals surface area contributed by atoms with Crippen LogP contribution in [0.4, 0.5) is 5.69 Å². The predicted octanol–water partition coefficient (Wildman–Crippen LogP) is 3.39. The highest BCUT2D eigenvalue weighted by atomic mass is 16.1. The molecule has 17 heavy (non-hydrogen) atoms. The third-order valence-corrected chi connectivity index (χ3v) is 3.05. The third-order valence-electron chi connectivity index (χ3n) is 3.05. The van der Waals surface area contributed by atoms with E-state index in [9.17, 15) is 4.79 Å². The van der Waals surface area contributed by atoms with Crippen LogP contribution in [0.1, 0.15) is 26.7 Å². The summed E-state index contributed by atoms with van der Waals surface area (Å²) in [6, 6.07) is 10.6. The number of hydrogen-bond acceptors (Lipinski definition) is 2. The topological polar surface area (TPSA) is 20.3 Å². The molecule has 0 spiro atoms. The minimum atomic E-state index is 0.239. The minimum Gasteiger partial charge on any atom is -0.344 e. The fourth-order valence-corrected chi connectivity index (χ4v) is 2.32. The van der Waals surface area contributed by atoms with Crippen molar-refractivity contribution >= 4 is 11.5 Å². The van der Waals surface area contributed by atoms with E-state index in [2.05, 4.69) is 30.9 Å². The molecule has 0 fully saturated rings. The quantitative estimate of drug-likeness (QED) is 0.791. The van der Waals surface area contributed by atoms with Gasteiger partial charge in [-0.25, -0.2) is 0 Å². The summed E-state index contributed by atoms with van der Waals surface area (Å²) < 4.78 is 0. The van der Waals surface area contributed by atoms with Crippen molar-refractivity contribution in [3.63, 3.8) is 0 Å². The summed E-state index contributed by atoms with van der Waals surface area (Å²) in [4.78, 5) is 13.7. The number of benzene rings is 1. The van der Waals surface area contributed by atoms with Crippen LogP contribution in [0.3, 0.4) is 0 Å². The van der Waals surface area contributed by atoms with E-state index in [1.54, 1.807) is 6.08 Å². The van der Waals surface area contributed by atoms with Crippen molar-refractivity contribution in [2.45, 2.75) is 32.7 Å². The molecule has 1 unspecified atom stereocenters. The van der Waals surface area contributed by atoms with Crippen molar-refractivity contribution < 1.29 is 4.79 Å². The average Bonchev–Trinajstić information content (AvgIpc) is 2.29. The maximum Gasteiger partial charge on any atom is 0.159 e. The zero-order valence-electron chi connectivity index (χ0n) is 10.5. The third kappa shape index (κ3) is 2.96. The van der Waals surface area contributed by atoms with Gasteiger partial charge in [0, 0.05) is 24.4 Å². The number of carbonyl (C=O) groups is 1. The summed E-state index contributed by atoms with van der Waals surface area (Å²) in [5.41, 5.74) is 1.17. The van der Waals surface area contributed by atoms with Gasteiger partial charge in [0.25, 0.3) is 0 Å². The van der Waals surface area contributed by atoms with Gasteiger partial charge in [0.2, 0.25) is 0 Å². The van der Waals surface area contributed by atoms with Crippen LogP contribution in [0.2, 0.25) is 0 Å². The highest BCUT2D eigenvalue weighted by molar-refractivity contribution is 5.92. The standard InChI is InChI=1S/C15H19NO/c1-12(2)10-14-11-15(17)8-9-16(14)13-6-4-3-5-7-13/h3-9,12,14H,10-11H2,1-2H3. The van der Waals surface area contributed by atoms with Crippen molar-refractivity contribution in [1.82, 2.24) is 0 Å². The van der Waals surface area contributed by atoms with E-state index in [0.29, 0.717) is 18.4 Å². The molecule has 2 heteroatoms. The molecule has 0 saturated heterocycles.